The zero-order chi connectivity index (χ0) is 35.2. The molecular formula is C44H87NO3. The summed E-state index contributed by atoms with van der Waals surface area (Å²) in [6.45, 7) is 6.65. The average molecular weight is 678 g/mol. The van der Waals surface area contributed by atoms with Crippen LogP contribution in [0, 0.1) is 5.92 Å². The van der Waals surface area contributed by atoms with E-state index < -0.39 is 12.1 Å². The van der Waals surface area contributed by atoms with Crippen LogP contribution in [0.5, 0.6) is 0 Å². The van der Waals surface area contributed by atoms with Crippen molar-refractivity contribution in [1.82, 2.24) is 5.32 Å². The van der Waals surface area contributed by atoms with E-state index in [0.29, 0.717) is 6.42 Å². The smallest absolute Gasteiger partial charge is 0.220 e. The molecule has 286 valence electrons. The number of nitrogens with one attached hydrogen (secondary N) is 1. The Balaban J connectivity index is 3.47. The second-order valence-corrected chi connectivity index (χ2v) is 15.6. The lowest BCUT2D eigenvalue weighted by atomic mass is 10.0. The SMILES string of the molecule is CCCCCCCCCCCCCCCCCCCCCCCCCCC(=O)N[C@@H](CO)[C@H](O)/C=C/CCCCCCCCCC(C)C. The first-order chi connectivity index (χ1) is 23.5. The summed E-state index contributed by atoms with van der Waals surface area (Å²) in [7, 11) is 0. The van der Waals surface area contributed by atoms with E-state index in [1.807, 2.05) is 6.08 Å². The van der Waals surface area contributed by atoms with E-state index in [2.05, 4.69) is 26.1 Å². The molecule has 0 aliphatic heterocycles. The molecule has 0 saturated heterocycles. The zero-order valence-corrected chi connectivity index (χ0v) is 32.9. The van der Waals surface area contributed by atoms with Crippen molar-refractivity contribution in [3.63, 3.8) is 0 Å². The molecule has 0 saturated carbocycles. The molecule has 0 radical (unpaired) electrons. The van der Waals surface area contributed by atoms with Gasteiger partial charge in [0.05, 0.1) is 18.8 Å². The van der Waals surface area contributed by atoms with Gasteiger partial charge in [0, 0.05) is 6.42 Å². The van der Waals surface area contributed by atoms with Crippen LogP contribution in [0.15, 0.2) is 12.2 Å². The first-order valence-electron chi connectivity index (χ1n) is 21.8. The van der Waals surface area contributed by atoms with E-state index in [-0.39, 0.29) is 12.5 Å². The minimum Gasteiger partial charge on any atom is -0.394 e. The van der Waals surface area contributed by atoms with Crippen LogP contribution in [0.2, 0.25) is 0 Å². The summed E-state index contributed by atoms with van der Waals surface area (Å²) >= 11 is 0. The van der Waals surface area contributed by atoms with Crippen LogP contribution in [0.4, 0.5) is 0 Å². The normalized spacial score (nSPS) is 13.1. The van der Waals surface area contributed by atoms with Crippen LogP contribution >= 0.6 is 0 Å². The number of carbonyl (C=O) groups is 1. The Bertz CT molecular complexity index is 664. The van der Waals surface area contributed by atoms with Gasteiger partial charge in [0.15, 0.2) is 0 Å². The van der Waals surface area contributed by atoms with E-state index in [1.165, 1.54) is 186 Å². The molecule has 4 heteroatoms. The topological polar surface area (TPSA) is 69.6 Å². The summed E-state index contributed by atoms with van der Waals surface area (Å²) < 4.78 is 0. The number of hydrogen-bond donors (Lipinski definition) is 3. The number of rotatable bonds is 39. The molecule has 0 aliphatic carbocycles. The monoisotopic (exact) mass is 678 g/mol. The fourth-order valence-electron chi connectivity index (χ4n) is 6.83. The molecule has 3 N–H and O–H groups in total. The number of allylic oxidation sites excluding steroid dienone is 1. The van der Waals surface area contributed by atoms with Crippen molar-refractivity contribution in [3.8, 4) is 0 Å². The molecule has 4 nitrogen and oxygen atoms in total. The molecule has 0 bridgehead atoms. The Morgan fingerprint density at radius 1 is 0.542 bits per heavy atom. The van der Waals surface area contributed by atoms with Gasteiger partial charge in [0.2, 0.25) is 5.91 Å². The van der Waals surface area contributed by atoms with Gasteiger partial charge in [0.25, 0.3) is 0 Å². The maximum Gasteiger partial charge on any atom is 0.220 e. The Hall–Kier alpha value is -0.870. The van der Waals surface area contributed by atoms with Gasteiger partial charge >= 0.3 is 0 Å². The van der Waals surface area contributed by atoms with Gasteiger partial charge in [-0.05, 0) is 25.2 Å². The van der Waals surface area contributed by atoms with E-state index in [9.17, 15) is 15.0 Å². The van der Waals surface area contributed by atoms with Gasteiger partial charge in [-0.1, -0.05) is 226 Å². The second-order valence-electron chi connectivity index (χ2n) is 15.6. The average Bonchev–Trinajstić information content (AvgIpc) is 3.07. The van der Waals surface area contributed by atoms with E-state index in [4.69, 9.17) is 0 Å². The van der Waals surface area contributed by atoms with E-state index >= 15 is 0 Å². The van der Waals surface area contributed by atoms with E-state index in [0.717, 1.165) is 31.6 Å². The Morgan fingerprint density at radius 3 is 1.27 bits per heavy atom. The molecule has 0 aliphatic rings. The molecule has 0 heterocycles. The Labute approximate surface area is 301 Å². The Morgan fingerprint density at radius 2 is 0.896 bits per heavy atom. The zero-order valence-electron chi connectivity index (χ0n) is 32.9. The van der Waals surface area contributed by atoms with Crippen LogP contribution in [0.25, 0.3) is 0 Å². The summed E-state index contributed by atoms with van der Waals surface area (Å²) in [6.07, 6.45) is 47.6. The molecule has 0 spiro atoms. The minimum absolute atomic E-state index is 0.0614. The van der Waals surface area contributed by atoms with Crippen molar-refractivity contribution in [1.29, 1.82) is 0 Å². The second kappa shape index (κ2) is 38.9. The lowest BCUT2D eigenvalue weighted by molar-refractivity contribution is -0.123. The van der Waals surface area contributed by atoms with Crippen LogP contribution in [-0.4, -0.2) is 34.9 Å². The molecule has 0 aromatic carbocycles. The molecular weight excluding hydrogens is 590 g/mol. The number of hydrogen-bond acceptors (Lipinski definition) is 3. The molecule has 0 aromatic heterocycles. The summed E-state index contributed by atoms with van der Waals surface area (Å²) in [5.74, 6) is 0.762. The van der Waals surface area contributed by atoms with Gasteiger partial charge in [0.1, 0.15) is 0 Å². The standard InChI is InChI=1S/C44H87NO3/c1-4-5-6-7-8-9-10-11-12-13-14-15-16-17-18-19-20-21-22-23-27-30-33-36-39-44(48)45-42(40-46)43(47)38-35-32-29-26-24-25-28-31-34-37-41(2)3/h35,38,41-43,46-47H,4-34,36-37,39-40H2,1-3H3,(H,45,48)/b38-35+/t42-,43+/m0/s1. The van der Waals surface area contributed by atoms with E-state index in [1.54, 1.807) is 6.08 Å². The number of aliphatic hydroxyl groups is 2. The third-order valence-corrected chi connectivity index (χ3v) is 10.2. The van der Waals surface area contributed by atoms with Gasteiger partial charge in [-0.25, -0.2) is 0 Å². The first kappa shape index (κ1) is 47.1. The molecule has 0 rings (SSSR count). The highest BCUT2D eigenvalue weighted by molar-refractivity contribution is 5.76. The van der Waals surface area contributed by atoms with Gasteiger partial charge in [-0.15, -0.1) is 0 Å². The van der Waals surface area contributed by atoms with Crippen LogP contribution < -0.4 is 5.32 Å². The van der Waals surface area contributed by atoms with Crippen LogP contribution in [-0.2, 0) is 4.79 Å². The van der Waals surface area contributed by atoms with Crippen molar-refractivity contribution >= 4 is 5.91 Å². The predicted octanol–water partition coefficient (Wildman–Crippen LogP) is 13.3. The maximum atomic E-state index is 12.4. The van der Waals surface area contributed by atoms with Crippen molar-refractivity contribution < 1.29 is 15.0 Å². The quantitative estimate of drug-likeness (QED) is 0.0448. The van der Waals surface area contributed by atoms with Crippen molar-refractivity contribution in [2.75, 3.05) is 6.61 Å². The number of aliphatic hydroxyl groups excluding tert-OH is 2. The van der Waals surface area contributed by atoms with Gasteiger partial charge < -0.3 is 15.5 Å². The first-order valence-corrected chi connectivity index (χ1v) is 21.8. The molecule has 48 heavy (non-hydrogen) atoms. The number of amides is 1. The van der Waals surface area contributed by atoms with Crippen LogP contribution in [0.3, 0.4) is 0 Å². The summed E-state index contributed by atoms with van der Waals surface area (Å²) in [5, 5.41) is 22.9. The summed E-state index contributed by atoms with van der Waals surface area (Å²) in [6, 6.07) is -0.617. The maximum absolute atomic E-state index is 12.4. The third-order valence-electron chi connectivity index (χ3n) is 10.2. The summed E-state index contributed by atoms with van der Waals surface area (Å²) in [5.41, 5.74) is 0. The van der Waals surface area contributed by atoms with Crippen LogP contribution in [0.1, 0.15) is 239 Å². The lowest BCUT2D eigenvalue weighted by Gasteiger charge is -2.20. The fourth-order valence-corrected chi connectivity index (χ4v) is 6.83. The largest absolute Gasteiger partial charge is 0.394 e. The lowest BCUT2D eigenvalue weighted by Crippen LogP contribution is -2.45. The highest BCUT2D eigenvalue weighted by Gasteiger charge is 2.17. The van der Waals surface area contributed by atoms with Gasteiger partial charge in [-0.3, -0.25) is 4.79 Å². The number of unbranched alkanes of at least 4 members (excludes halogenated alkanes) is 30. The minimum atomic E-state index is -0.834. The number of carbonyl (C=O) groups excluding carboxylic acids is 1. The summed E-state index contributed by atoms with van der Waals surface area (Å²) in [4.78, 5) is 12.4. The predicted molar refractivity (Wildman–Crippen MR) is 212 cm³/mol. The fraction of sp³-hybridized carbons (Fsp3) is 0.932. The molecule has 1 amide bonds. The molecule has 0 fully saturated rings. The van der Waals surface area contributed by atoms with Crippen molar-refractivity contribution in [2.45, 2.75) is 251 Å². The molecule has 0 aromatic rings. The third kappa shape index (κ3) is 36.4. The molecule has 0 unspecified atom stereocenters. The van der Waals surface area contributed by atoms with Gasteiger partial charge in [-0.2, -0.15) is 0 Å². The Kier molecular flexibility index (Phi) is 38.2. The highest BCUT2D eigenvalue weighted by atomic mass is 16.3. The molecule has 2 atom stereocenters. The van der Waals surface area contributed by atoms with Crippen molar-refractivity contribution in [3.05, 3.63) is 12.2 Å². The highest BCUT2D eigenvalue weighted by Crippen LogP contribution is 2.16. The van der Waals surface area contributed by atoms with Crippen molar-refractivity contribution in [2.24, 2.45) is 5.92 Å².